The van der Waals surface area contributed by atoms with Crippen molar-refractivity contribution in [2.45, 2.75) is 19.4 Å². The molecule has 0 aromatic rings. The van der Waals surface area contributed by atoms with Crippen molar-refractivity contribution in [1.29, 1.82) is 0 Å². The summed E-state index contributed by atoms with van der Waals surface area (Å²) in [6, 6.07) is 0. The summed E-state index contributed by atoms with van der Waals surface area (Å²) in [6.07, 6.45) is -0.419. The van der Waals surface area contributed by atoms with E-state index in [0.717, 1.165) is 0 Å². The zero-order chi connectivity index (χ0) is 9.61. The Labute approximate surface area is 108 Å². The van der Waals surface area contributed by atoms with Crippen LogP contribution in [0.5, 0.6) is 0 Å². The van der Waals surface area contributed by atoms with E-state index in [-0.39, 0.29) is 49.2 Å². The zero-order valence-electron chi connectivity index (χ0n) is 8.86. The van der Waals surface area contributed by atoms with Crippen molar-refractivity contribution in [3.63, 3.8) is 0 Å². The maximum Gasteiger partial charge on any atom is 1.00 e. The Morgan fingerprint density at radius 1 is 1.62 bits per heavy atom. The molecule has 7 heteroatoms. The summed E-state index contributed by atoms with van der Waals surface area (Å²) in [5, 5.41) is 8.87. The molecule has 0 rings (SSSR count). The molecule has 0 saturated carbocycles. The number of alkyl halides is 1. The average molecular weight is 241 g/mol. The molecule has 0 amide bonds. The van der Waals surface area contributed by atoms with Crippen LogP contribution in [0, 0.1) is 0 Å². The van der Waals surface area contributed by atoms with Crippen LogP contribution in [0.2, 0.25) is 0 Å². The monoisotopic (exact) mass is 240 g/mol. The van der Waals surface area contributed by atoms with E-state index in [1.807, 2.05) is 0 Å². The predicted molar refractivity (Wildman–Crippen MR) is 47.9 cm³/mol. The molecular formula is C6H14ClNaO4S. The van der Waals surface area contributed by atoms with Gasteiger partial charge in [-0.25, -0.2) is 0 Å². The van der Waals surface area contributed by atoms with Gasteiger partial charge in [0.05, 0.1) is 24.3 Å². The quantitative estimate of drug-likeness (QED) is 0.316. The second kappa shape index (κ2) is 8.47. The van der Waals surface area contributed by atoms with E-state index < -0.39 is 16.2 Å². The van der Waals surface area contributed by atoms with Gasteiger partial charge in [-0.2, -0.15) is 8.42 Å². The fourth-order valence-corrected chi connectivity index (χ4v) is 1.61. The van der Waals surface area contributed by atoms with Crippen LogP contribution < -0.4 is 29.6 Å². The molecule has 0 aromatic carbocycles. The molecule has 0 aliphatic carbocycles. The van der Waals surface area contributed by atoms with E-state index in [0.29, 0.717) is 6.42 Å². The van der Waals surface area contributed by atoms with Crippen LogP contribution in [0.3, 0.4) is 0 Å². The third-order valence-corrected chi connectivity index (χ3v) is 2.83. The van der Waals surface area contributed by atoms with E-state index >= 15 is 0 Å². The fourth-order valence-electron chi connectivity index (χ4n) is 0.536. The van der Waals surface area contributed by atoms with Gasteiger partial charge < -0.3 is 6.53 Å². The summed E-state index contributed by atoms with van der Waals surface area (Å²) in [7, 11) is -3.46. The molecule has 1 unspecified atom stereocenters. The summed E-state index contributed by atoms with van der Waals surface area (Å²) in [6.45, 7) is 1.48. The number of hydrogen-bond donors (Lipinski definition) is 1. The summed E-state index contributed by atoms with van der Waals surface area (Å²) in [5.41, 5.74) is 0. The molecule has 1 N–H and O–H groups in total. The molecule has 0 heterocycles. The molecule has 76 valence electrons. The van der Waals surface area contributed by atoms with E-state index in [1.165, 1.54) is 0 Å². The van der Waals surface area contributed by atoms with Gasteiger partial charge in [-0.05, 0) is 6.42 Å². The smallest absolute Gasteiger partial charge is 1.00 e. The van der Waals surface area contributed by atoms with Gasteiger partial charge in [-0.15, -0.1) is 11.6 Å². The van der Waals surface area contributed by atoms with Crippen molar-refractivity contribution in [2.75, 3.05) is 18.2 Å². The Bertz CT molecular complexity index is 212. The summed E-state index contributed by atoms with van der Waals surface area (Å²) in [4.78, 5) is 0. The second-order valence-electron chi connectivity index (χ2n) is 2.35. The molecule has 0 aromatic heterocycles. The number of hydrogen-bond acceptors (Lipinski definition) is 4. The van der Waals surface area contributed by atoms with Crippen LogP contribution in [-0.4, -0.2) is 37.9 Å². The minimum atomic E-state index is -3.46. The average Bonchev–Trinajstić information content (AvgIpc) is 2.00. The van der Waals surface area contributed by atoms with E-state index in [9.17, 15) is 8.42 Å². The van der Waals surface area contributed by atoms with Crippen molar-refractivity contribution in [1.82, 2.24) is 0 Å². The Morgan fingerprint density at radius 3 is 2.54 bits per heavy atom. The maximum absolute atomic E-state index is 10.9. The molecule has 0 radical (unpaired) electrons. The Hall–Kier alpha value is 1.16. The first-order valence-corrected chi connectivity index (χ1v) is 5.74. The molecule has 0 aliphatic rings. The van der Waals surface area contributed by atoms with Gasteiger partial charge >= 0.3 is 29.6 Å². The molecule has 1 atom stereocenters. The number of halogens is 1. The third kappa shape index (κ3) is 9.46. The third-order valence-electron chi connectivity index (χ3n) is 1.07. The molecule has 4 nitrogen and oxygen atoms in total. The van der Waals surface area contributed by atoms with Gasteiger partial charge in [-0.3, -0.25) is 4.18 Å². The fraction of sp³-hybridized carbons (Fsp3) is 1.00. The molecule has 0 saturated heterocycles. The normalized spacial score (nSPS) is 13.5. The standard InChI is InChI=1S/C6H13ClO4S.Na.H/c1-2-3-12(9,10)11-5-6(8)4-7;;/h6,8H,2-5H2,1H3;;/q;+1;-1. The number of aliphatic hydroxyl groups excluding tert-OH is 1. The van der Waals surface area contributed by atoms with Crippen molar-refractivity contribution < 1.29 is 48.7 Å². The van der Waals surface area contributed by atoms with Crippen LogP contribution >= 0.6 is 11.6 Å². The van der Waals surface area contributed by atoms with Gasteiger partial charge in [0.1, 0.15) is 0 Å². The SMILES string of the molecule is CCCS(=O)(=O)OCC(O)CCl.[H-].[Na+]. The first-order valence-electron chi connectivity index (χ1n) is 3.63. The predicted octanol–water partition coefficient (Wildman–Crippen LogP) is -2.54. The summed E-state index contributed by atoms with van der Waals surface area (Å²) in [5.74, 6) is -0.0519. The first kappa shape index (κ1) is 16.6. The minimum absolute atomic E-state index is 0. The van der Waals surface area contributed by atoms with Crippen LogP contribution in [0.15, 0.2) is 0 Å². The Kier molecular flexibility index (Phi) is 10.8. The molecule has 0 spiro atoms. The largest absolute Gasteiger partial charge is 1.00 e. The van der Waals surface area contributed by atoms with E-state index in [2.05, 4.69) is 4.18 Å². The van der Waals surface area contributed by atoms with Crippen molar-refractivity contribution >= 4 is 21.7 Å². The minimum Gasteiger partial charge on any atom is -1.00 e. The van der Waals surface area contributed by atoms with Crippen molar-refractivity contribution in [3.05, 3.63) is 0 Å². The van der Waals surface area contributed by atoms with Gasteiger partial charge in [0.25, 0.3) is 10.1 Å². The Morgan fingerprint density at radius 2 is 2.15 bits per heavy atom. The number of rotatable bonds is 6. The maximum atomic E-state index is 10.9. The van der Waals surface area contributed by atoms with Crippen LogP contribution in [0.1, 0.15) is 14.8 Å². The second-order valence-corrected chi connectivity index (χ2v) is 4.42. The van der Waals surface area contributed by atoms with Gasteiger partial charge in [-0.1, -0.05) is 6.92 Å². The topological polar surface area (TPSA) is 63.6 Å². The van der Waals surface area contributed by atoms with E-state index in [1.54, 1.807) is 6.92 Å². The number of aliphatic hydroxyl groups is 1. The first-order chi connectivity index (χ1) is 5.52. The molecule has 0 bridgehead atoms. The van der Waals surface area contributed by atoms with Gasteiger partial charge in [0.2, 0.25) is 0 Å². The van der Waals surface area contributed by atoms with Gasteiger partial charge in [0.15, 0.2) is 0 Å². The van der Waals surface area contributed by atoms with Gasteiger partial charge in [0, 0.05) is 0 Å². The van der Waals surface area contributed by atoms with Crippen molar-refractivity contribution in [3.8, 4) is 0 Å². The van der Waals surface area contributed by atoms with Crippen LogP contribution in [0.25, 0.3) is 0 Å². The molecule has 13 heavy (non-hydrogen) atoms. The molecule has 0 fully saturated rings. The summed E-state index contributed by atoms with van der Waals surface area (Å²) < 4.78 is 26.2. The van der Waals surface area contributed by atoms with E-state index in [4.69, 9.17) is 16.7 Å². The molecule has 0 aliphatic heterocycles. The van der Waals surface area contributed by atoms with Crippen LogP contribution in [-0.2, 0) is 14.3 Å². The summed E-state index contributed by atoms with van der Waals surface area (Å²) >= 11 is 5.23. The van der Waals surface area contributed by atoms with Crippen molar-refractivity contribution in [2.24, 2.45) is 0 Å². The molecular weight excluding hydrogens is 227 g/mol. The Balaban J connectivity index is -0.000000605. The zero-order valence-corrected chi connectivity index (χ0v) is 11.4. The van der Waals surface area contributed by atoms with Crippen LogP contribution in [0.4, 0.5) is 0 Å².